The molecular formula is C25H43BrN2O6. The van der Waals surface area contributed by atoms with Gasteiger partial charge >= 0.3 is 12.2 Å². The highest BCUT2D eigenvalue weighted by molar-refractivity contribution is 9.09. The molecule has 8 nitrogen and oxygen atoms in total. The first kappa shape index (κ1) is 30.3. The molecule has 196 valence electrons. The van der Waals surface area contributed by atoms with Crippen molar-refractivity contribution in [2.45, 2.75) is 103 Å². The highest BCUT2D eigenvalue weighted by atomic mass is 79.9. The summed E-state index contributed by atoms with van der Waals surface area (Å²) in [6.45, 7) is 16.3. The zero-order valence-electron chi connectivity index (χ0n) is 21.9. The molecular weight excluding hydrogens is 504 g/mol. The maximum atomic E-state index is 12.1. The third-order valence-electron chi connectivity index (χ3n) is 5.40. The summed E-state index contributed by atoms with van der Waals surface area (Å²) < 4.78 is 15.9. The van der Waals surface area contributed by atoms with Gasteiger partial charge in [-0.1, -0.05) is 22.5 Å². The summed E-state index contributed by atoms with van der Waals surface area (Å²) in [5.74, 6) is 0.686. The van der Waals surface area contributed by atoms with Crippen LogP contribution in [0.1, 0.15) is 80.1 Å². The number of likely N-dealkylation sites (tertiary alicyclic amines) is 2. The molecule has 0 unspecified atom stereocenters. The smallest absolute Gasteiger partial charge is 0.410 e. The Morgan fingerprint density at radius 2 is 1.24 bits per heavy atom. The predicted octanol–water partition coefficient (Wildman–Crippen LogP) is 5.68. The summed E-state index contributed by atoms with van der Waals surface area (Å²) in [5.41, 5.74) is -0.982. The van der Waals surface area contributed by atoms with Crippen LogP contribution in [0.2, 0.25) is 0 Å². The van der Waals surface area contributed by atoms with Gasteiger partial charge in [-0.25, -0.2) is 9.59 Å². The van der Waals surface area contributed by atoms with Crippen molar-refractivity contribution in [3.63, 3.8) is 0 Å². The second kappa shape index (κ2) is 13.4. The van der Waals surface area contributed by atoms with Crippen molar-refractivity contribution in [3.8, 4) is 0 Å². The molecule has 0 aromatic carbocycles. The van der Waals surface area contributed by atoms with E-state index in [0.29, 0.717) is 18.8 Å². The molecule has 0 aromatic rings. The molecule has 0 aromatic heterocycles. The minimum absolute atomic E-state index is 0.0514. The number of amides is 2. The fraction of sp³-hybridized carbons (Fsp3) is 0.800. The molecule has 0 N–H and O–H groups in total. The number of alkyl halides is 1. The van der Waals surface area contributed by atoms with Crippen molar-refractivity contribution in [1.82, 2.24) is 9.80 Å². The molecule has 2 heterocycles. The van der Waals surface area contributed by atoms with E-state index in [4.69, 9.17) is 14.2 Å². The number of rotatable bonds is 4. The van der Waals surface area contributed by atoms with E-state index in [1.54, 1.807) is 16.9 Å². The minimum Gasteiger partial charge on any atom is -0.500 e. The minimum atomic E-state index is -0.517. The Bertz CT molecular complexity index is 653. The van der Waals surface area contributed by atoms with Crippen LogP contribution in [0.5, 0.6) is 0 Å². The SMILES string of the molecule is C=C(OC)[C@@H]1CCCCN1C(=O)OC(C)(C)C.CC(C)(C)OC(=O)N1CCCC[C@H]1C(=O)CBr. The van der Waals surface area contributed by atoms with Crippen LogP contribution in [0.3, 0.4) is 0 Å². The van der Waals surface area contributed by atoms with E-state index in [1.165, 1.54) is 0 Å². The number of methoxy groups -OCH3 is 1. The van der Waals surface area contributed by atoms with Gasteiger partial charge in [0.25, 0.3) is 0 Å². The normalized spacial score (nSPS) is 21.1. The first-order valence-corrected chi connectivity index (χ1v) is 13.1. The second-order valence-corrected chi connectivity index (χ2v) is 11.2. The van der Waals surface area contributed by atoms with E-state index in [9.17, 15) is 14.4 Å². The molecule has 2 fully saturated rings. The summed E-state index contributed by atoms with van der Waals surface area (Å²) in [6.07, 6.45) is 5.00. The van der Waals surface area contributed by atoms with Crippen molar-refractivity contribution in [3.05, 3.63) is 12.3 Å². The lowest BCUT2D eigenvalue weighted by molar-refractivity contribution is -0.122. The quantitative estimate of drug-likeness (QED) is 0.333. The highest BCUT2D eigenvalue weighted by Crippen LogP contribution is 2.25. The number of hydrogen-bond acceptors (Lipinski definition) is 6. The van der Waals surface area contributed by atoms with Gasteiger partial charge in [0.2, 0.25) is 0 Å². The van der Waals surface area contributed by atoms with Crippen LogP contribution in [-0.4, -0.2) is 76.6 Å². The van der Waals surface area contributed by atoms with Gasteiger partial charge in [0.15, 0.2) is 5.78 Å². The van der Waals surface area contributed by atoms with Gasteiger partial charge in [-0.2, -0.15) is 0 Å². The average molecular weight is 548 g/mol. The van der Waals surface area contributed by atoms with Gasteiger partial charge in [0.1, 0.15) is 17.0 Å². The number of carbonyl (C=O) groups is 3. The van der Waals surface area contributed by atoms with E-state index in [0.717, 1.165) is 38.5 Å². The molecule has 0 aliphatic carbocycles. The van der Waals surface area contributed by atoms with Gasteiger partial charge in [0.05, 0.1) is 24.5 Å². The number of halogens is 1. The van der Waals surface area contributed by atoms with Crippen molar-refractivity contribution in [2.75, 3.05) is 25.5 Å². The third kappa shape index (κ3) is 10.2. The molecule has 34 heavy (non-hydrogen) atoms. The van der Waals surface area contributed by atoms with Crippen LogP contribution in [-0.2, 0) is 19.0 Å². The Morgan fingerprint density at radius 3 is 1.62 bits per heavy atom. The topological polar surface area (TPSA) is 85.4 Å². The molecule has 0 spiro atoms. The lowest BCUT2D eigenvalue weighted by Crippen LogP contribution is -2.50. The molecule has 2 aliphatic rings. The largest absolute Gasteiger partial charge is 0.500 e. The van der Waals surface area contributed by atoms with Gasteiger partial charge in [-0.15, -0.1) is 0 Å². The molecule has 2 saturated heterocycles. The Balaban J connectivity index is 0.000000340. The Morgan fingerprint density at radius 1 is 0.824 bits per heavy atom. The van der Waals surface area contributed by atoms with Crippen LogP contribution < -0.4 is 0 Å². The molecule has 2 atom stereocenters. The summed E-state index contributed by atoms with van der Waals surface area (Å²) in [6, 6.07) is -0.374. The molecule has 0 radical (unpaired) electrons. The van der Waals surface area contributed by atoms with Gasteiger partial charge in [-0.05, 0) is 80.1 Å². The van der Waals surface area contributed by atoms with Gasteiger partial charge in [-0.3, -0.25) is 14.6 Å². The van der Waals surface area contributed by atoms with Crippen LogP contribution in [0.4, 0.5) is 9.59 Å². The van der Waals surface area contributed by atoms with Crippen LogP contribution in [0.25, 0.3) is 0 Å². The number of ketones is 1. The zero-order chi connectivity index (χ0) is 26.1. The van der Waals surface area contributed by atoms with Crippen LogP contribution in [0, 0.1) is 0 Å². The zero-order valence-corrected chi connectivity index (χ0v) is 23.5. The van der Waals surface area contributed by atoms with Crippen molar-refractivity contribution < 1.29 is 28.6 Å². The predicted molar refractivity (Wildman–Crippen MR) is 136 cm³/mol. The van der Waals surface area contributed by atoms with Crippen molar-refractivity contribution >= 4 is 33.9 Å². The molecule has 2 aliphatic heterocycles. The molecule has 0 bridgehead atoms. The molecule has 2 amide bonds. The number of Topliss-reactive ketones (excluding diaryl/α,β-unsaturated/α-hetero) is 1. The van der Waals surface area contributed by atoms with E-state index in [1.807, 2.05) is 41.5 Å². The molecule has 2 rings (SSSR count). The van der Waals surface area contributed by atoms with Gasteiger partial charge in [0, 0.05) is 13.1 Å². The van der Waals surface area contributed by atoms with Crippen molar-refractivity contribution in [1.29, 1.82) is 0 Å². The summed E-state index contributed by atoms with van der Waals surface area (Å²) in [4.78, 5) is 39.1. The summed E-state index contributed by atoms with van der Waals surface area (Å²) >= 11 is 3.16. The number of ether oxygens (including phenoxy) is 3. The van der Waals surface area contributed by atoms with Crippen LogP contribution >= 0.6 is 15.9 Å². The second-order valence-electron chi connectivity index (χ2n) is 10.6. The summed E-state index contributed by atoms with van der Waals surface area (Å²) in [5, 5.41) is 0.289. The lowest BCUT2D eigenvalue weighted by atomic mass is 10.00. The Hall–Kier alpha value is -1.77. The maximum absolute atomic E-state index is 12.1. The standard InChI is InChI=1S/C13H23NO3.C12H20BrNO3/c1-10(16-5)11-8-6-7-9-14(11)12(15)17-13(2,3)4;1-12(2,3)17-11(16)14-7-5-4-6-9(14)10(15)8-13/h11H,1,6-9H2,2-5H3;9H,4-8H2,1-3H3/t11-;9-/m00/s1. The molecule has 9 heteroatoms. The fourth-order valence-electron chi connectivity index (χ4n) is 3.84. The first-order valence-electron chi connectivity index (χ1n) is 12.0. The highest BCUT2D eigenvalue weighted by Gasteiger charge is 2.34. The number of piperidine rings is 2. The number of carbonyl (C=O) groups excluding carboxylic acids is 3. The van der Waals surface area contributed by atoms with E-state index in [2.05, 4.69) is 22.5 Å². The molecule has 0 saturated carbocycles. The maximum Gasteiger partial charge on any atom is 0.410 e. The van der Waals surface area contributed by atoms with E-state index < -0.39 is 11.2 Å². The Labute approximate surface area is 213 Å². The van der Waals surface area contributed by atoms with Crippen molar-refractivity contribution in [2.24, 2.45) is 0 Å². The lowest BCUT2D eigenvalue weighted by Gasteiger charge is -2.36. The summed E-state index contributed by atoms with van der Waals surface area (Å²) in [7, 11) is 1.59. The van der Waals surface area contributed by atoms with Crippen LogP contribution in [0.15, 0.2) is 12.3 Å². The fourth-order valence-corrected chi connectivity index (χ4v) is 4.21. The average Bonchev–Trinajstić information content (AvgIpc) is 2.76. The number of nitrogens with zero attached hydrogens (tertiary/aromatic N) is 2. The first-order chi connectivity index (χ1) is 15.7. The van der Waals surface area contributed by atoms with E-state index >= 15 is 0 Å². The monoisotopic (exact) mass is 546 g/mol. The van der Waals surface area contributed by atoms with Gasteiger partial charge < -0.3 is 14.2 Å². The Kier molecular flexibility index (Phi) is 11.9. The third-order valence-corrected chi connectivity index (χ3v) is 5.95. The number of hydrogen-bond donors (Lipinski definition) is 0. The van der Waals surface area contributed by atoms with E-state index in [-0.39, 0.29) is 35.4 Å².